The molecule has 0 bridgehead atoms. The second-order valence-corrected chi connectivity index (χ2v) is 27.9. The van der Waals surface area contributed by atoms with Gasteiger partial charge in [-0.05, 0) is 105 Å². The highest BCUT2D eigenvalue weighted by Gasteiger charge is 2.70. The average Bonchev–Trinajstić information content (AvgIpc) is 0.720. The molecule has 0 amide bonds. The van der Waals surface area contributed by atoms with Crippen molar-refractivity contribution in [3.8, 4) is 0 Å². The van der Waals surface area contributed by atoms with Crippen LogP contribution in [0.4, 0.5) is 0 Å². The number of esters is 2. The predicted molar refractivity (Wildman–Crippen MR) is 293 cm³/mol. The van der Waals surface area contributed by atoms with Crippen molar-refractivity contribution in [2.24, 2.45) is 44.8 Å². The molecule has 0 spiro atoms. The summed E-state index contributed by atoms with van der Waals surface area (Å²) in [5, 5.41) is 151. The SMILES string of the molecule is C=C1CCC2(C(=O)OC3OC(COC4OC(COC(C)=O)C(OC5OC(C)C(O)C(O)C5O)C(O)C4O)C(O)C(O)C3O)CCC3(C)C(=CCC4C5(C)CCC(OC6OCC(O)C(O)C6OC6OC(CO)C(O)C(O)C6O)C(C)(C)C5CCC43C)C2C1. The van der Waals surface area contributed by atoms with Gasteiger partial charge in [-0.15, -0.1) is 0 Å². The molecule has 0 aromatic rings. The Balaban J connectivity index is 0.821. The zero-order valence-electron chi connectivity index (χ0n) is 50.4. The van der Waals surface area contributed by atoms with Crippen molar-refractivity contribution < 1.29 is 133 Å². The third-order valence-electron chi connectivity index (χ3n) is 22.8. The van der Waals surface area contributed by atoms with Crippen LogP contribution in [0.3, 0.4) is 0 Å². The summed E-state index contributed by atoms with van der Waals surface area (Å²) in [6.07, 6.45) is -30.7. The second-order valence-electron chi connectivity index (χ2n) is 27.9. The highest BCUT2D eigenvalue weighted by atomic mass is 16.8. The van der Waals surface area contributed by atoms with Crippen molar-refractivity contribution in [3.05, 3.63) is 23.8 Å². The van der Waals surface area contributed by atoms with Gasteiger partial charge in [0.05, 0.1) is 37.4 Å². The summed E-state index contributed by atoms with van der Waals surface area (Å²) >= 11 is 0. The molecular weight excluding hydrogens is 1150 g/mol. The van der Waals surface area contributed by atoms with Gasteiger partial charge in [0.1, 0.15) is 116 Å². The van der Waals surface area contributed by atoms with Crippen molar-refractivity contribution in [2.75, 3.05) is 26.4 Å². The van der Waals surface area contributed by atoms with E-state index in [-0.39, 0.29) is 35.2 Å². The molecule has 5 aliphatic heterocycles. The van der Waals surface area contributed by atoms with Crippen LogP contribution in [0.5, 0.6) is 0 Å². The van der Waals surface area contributed by atoms with Crippen LogP contribution in [0.2, 0.25) is 0 Å². The van der Waals surface area contributed by atoms with E-state index in [2.05, 4.69) is 47.3 Å². The van der Waals surface area contributed by atoms with E-state index in [4.69, 9.17) is 52.1 Å². The van der Waals surface area contributed by atoms with Crippen LogP contribution in [0.1, 0.15) is 113 Å². The molecule has 10 rings (SSSR count). The fourth-order valence-electron chi connectivity index (χ4n) is 17.3. The van der Waals surface area contributed by atoms with Crippen LogP contribution in [-0.2, 0) is 61.7 Å². The van der Waals surface area contributed by atoms with Crippen LogP contribution in [0.15, 0.2) is 23.8 Å². The lowest BCUT2D eigenvalue weighted by Gasteiger charge is -2.71. The van der Waals surface area contributed by atoms with Gasteiger partial charge >= 0.3 is 11.9 Å². The lowest BCUT2D eigenvalue weighted by Crippen LogP contribution is -2.66. The molecule has 5 heterocycles. The largest absolute Gasteiger partial charge is 0.463 e. The number of carbonyl (C=O) groups is 2. The maximum Gasteiger partial charge on any atom is 0.315 e. The molecule has 4 saturated carbocycles. The number of hydrogen-bond acceptors (Lipinski definition) is 27. The fraction of sp³-hybridized carbons (Fsp3) is 0.900. The lowest BCUT2D eigenvalue weighted by atomic mass is 9.34. The molecule has 32 atom stereocenters. The Morgan fingerprint density at radius 1 is 0.609 bits per heavy atom. The van der Waals surface area contributed by atoms with Crippen molar-refractivity contribution >= 4 is 11.9 Å². The summed E-state index contributed by atoms with van der Waals surface area (Å²) in [7, 11) is 0. The molecular formula is C60H94O27. The molecule has 10 aliphatic rings. The zero-order chi connectivity index (χ0) is 63.4. The topological polar surface area (TPSA) is 419 Å². The molecule has 0 radical (unpaired) electrons. The highest BCUT2D eigenvalue weighted by Crippen LogP contribution is 2.75. The van der Waals surface area contributed by atoms with Gasteiger partial charge in [0.2, 0.25) is 6.29 Å². The third kappa shape index (κ3) is 11.7. The summed E-state index contributed by atoms with van der Waals surface area (Å²) < 4.78 is 64.8. The first-order chi connectivity index (χ1) is 40.8. The Hall–Kier alpha value is -2.50. The molecule has 496 valence electrons. The Bertz CT molecular complexity index is 2480. The third-order valence-corrected chi connectivity index (χ3v) is 22.8. The van der Waals surface area contributed by atoms with Gasteiger partial charge in [0, 0.05) is 12.8 Å². The van der Waals surface area contributed by atoms with E-state index >= 15 is 4.79 Å². The first-order valence-corrected chi connectivity index (χ1v) is 30.8. The lowest BCUT2D eigenvalue weighted by molar-refractivity contribution is -0.367. The van der Waals surface area contributed by atoms with Gasteiger partial charge in [-0.3, -0.25) is 9.59 Å². The van der Waals surface area contributed by atoms with Gasteiger partial charge in [0.15, 0.2) is 25.2 Å². The van der Waals surface area contributed by atoms with E-state index in [0.717, 1.165) is 37.3 Å². The molecule has 27 heteroatoms. The van der Waals surface area contributed by atoms with Gasteiger partial charge in [-0.2, -0.15) is 0 Å². The molecule has 0 aromatic carbocycles. The van der Waals surface area contributed by atoms with E-state index in [1.165, 1.54) is 6.92 Å². The number of allylic oxidation sites excluding steroid dienone is 3. The second kappa shape index (κ2) is 25.4. The van der Waals surface area contributed by atoms with Gasteiger partial charge in [0.25, 0.3) is 0 Å². The van der Waals surface area contributed by atoms with Gasteiger partial charge in [-0.1, -0.05) is 58.4 Å². The van der Waals surface area contributed by atoms with E-state index in [1.54, 1.807) is 0 Å². The quantitative estimate of drug-likeness (QED) is 0.0488. The average molecular weight is 1250 g/mol. The molecule has 9 fully saturated rings. The van der Waals surface area contributed by atoms with Crippen molar-refractivity contribution in [1.29, 1.82) is 0 Å². The summed E-state index contributed by atoms with van der Waals surface area (Å²) in [4.78, 5) is 27.1. The Kier molecular flexibility index (Phi) is 19.7. The summed E-state index contributed by atoms with van der Waals surface area (Å²) in [5.41, 5.74) is -0.318. The highest BCUT2D eigenvalue weighted by molar-refractivity contribution is 5.79. The minimum Gasteiger partial charge on any atom is -0.463 e. The van der Waals surface area contributed by atoms with Crippen molar-refractivity contribution in [1.82, 2.24) is 0 Å². The molecule has 14 N–H and O–H groups in total. The minimum atomic E-state index is -1.92. The number of hydrogen-bond donors (Lipinski definition) is 14. The Morgan fingerprint density at radius 3 is 1.90 bits per heavy atom. The first-order valence-electron chi connectivity index (χ1n) is 30.8. The monoisotopic (exact) mass is 1250 g/mol. The first kappa shape index (κ1) is 67.4. The van der Waals surface area contributed by atoms with E-state index < -0.39 is 202 Å². The van der Waals surface area contributed by atoms with E-state index in [0.29, 0.717) is 44.9 Å². The normalized spacial score (nSPS) is 52.5. The van der Waals surface area contributed by atoms with Crippen LogP contribution in [0, 0.1) is 44.8 Å². The summed E-state index contributed by atoms with van der Waals surface area (Å²) in [6, 6.07) is 0. The number of fused-ring (bicyclic) bond motifs is 7. The molecule has 27 nitrogen and oxygen atoms in total. The number of carbonyl (C=O) groups excluding carboxylic acids is 2. The van der Waals surface area contributed by atoms with E-state index in [9.17, 15) is 76.3 Å². The number of ether oxygens (including phenoxy) is 11. The van der Waals surface area contributed by atoms with Crippen LogP contribution in [0.25, 0.3) is 0 Å². The standard InChI is InChI=1S/C60H94O27/c1-24-11-16-60(55(76)87-53-46(74)42(70)39(67)31(82-53)22-79-50-47(75)43(71)48(32(83-50)23-77-26(3)62)85-51-44(72)40(68)36(64)25(2)80-51)18-17-58(7)27(28(60)19-24)9-10-34-57(6)14-13-35(56(4,5)33(57)12-15-59(34,58)8)84-54-49(37(65)29(63)21-78-54)86-52-45(73)41(69)38(66)30(20-61)81-52/h9,25,28-54,61,63-75H,1,10-23H2,2-8H3. The molecule has 0 aromatic heterocycles. The van der Waals surface area contributed by atoms with Crippen LogP contribution >= 0.6 is 0 Å². The number of rotatable bonds is 14. The minimum absolute atomic E-state index is 0.125. The van der Waals surface area contributed by atoms with Crippen molar-refractivity contribution in [3.63, 3.8) is 0 Å². The fourth-order valence-corrected chi connectivity index (χ4v) is 17.3. The van der Waals surface area contributed by atoms with Crippen LogP contribution in [-0.4, -0.2) is 263 Å². The number of aliphatic hydroxyl groups is 14. The van der Waals surface area contributed by atoms with Gasteiger partial charge in [-0.25, -0.2) is 0 Å². The summed E-state index contributed by atoms with van der Waals surface area (Å²) in [6.45, 7) is 16.1. The Labute approximate surface area is 505 Å². The smallest absolute Gasteiger partial charge is 0.315 e. The Morgan fingerprint density at radius 2 is 1.22 bits per heavy atom. The molecule has 87 heavy (non-hydrogen) atoms. The molecule has 32 unspecified atom stereocenters. The maximum atomic E-state index is 15.2. The van der Waals surface area contributed by atoms with Crippen molar-refractivity contribution in [2.45, 2.75) is 266 Å². The molecule has 5 saturated heterocycles. The van der Waals surface area contributed by atoms with Gasteiger partial charge < -0.3 is 124 Å². The van der Waals surface area contributed by atoms with Crippen LogP contribution < -0.4 is 0 Å². The number of aliphatic hydroxyl groups excluding tert-OH is 14. The predicted octanol–water partition coefficient (Wildman–Crippen LogP) is -2.44. The zero-order valence-corrected chi connectivity index (χ0v) is 50.4. The van der Waals surface area contributed by atoms with E-state index in [1.807, 2.05) is 0 Å². The maximum absolute atomic E-state index is 15.2. The summed E-state index contributed by atoms with van der Waals surface area (Å²) in [5.74, 6) is -1.44. The molecule has 5 aliphatic carbocycles.